The van der Waals surface area contributed by atoms with Gasteiger partial charge < -0.3 is 15.5 Å². The van der Waals surface area contributed by atoms with Gasteiger partial charge in [-0.1, -0.05) is 17.7 Å². The molecule has 4 rings (SSSR count). The summed E-state index contributed by atoms with van der Waals surface area (Å²) in [5.74, 6) is 0.527. The SMILES string of the molecule is CN1CCC(CN=C(N)N2CCN(c3nccs3)CC2)C1c1ccc(Cl)c(F)c1. The number of halogens is 2. The maximum Gasteiger partial charge on any atom is 0.191 e. The summed E-state index contributed by atoms with van der Waals surface area (Å²) < 4.78 is 14.0. The third-order valence-corrected chi connectivity index (χ3v) is 6.98. The number of aliphatic imine (C=N–C) groups is 1. The van der Waals surface area contributed by atoms with Gasteiger partial charge in [0.1, 0.15) is 5.82 Å². The van der Waals surface area contributed by atoms with E-state index in [4.69, 9.17) is 22.3 Å². The third kappa shape index (κ3) is 4.49. The molecule has 9 heteroatoms. The van der Waals surface area contributed by atoms with Gasteiger partial charge in [0.05, 0.1) is 5.02 Å². The molecular weight excluding hydrogens is 411 g/mol. The number of benzene rings is 1. The predicted octanol–water partition coefficient (Wildman–Crippen LogP) is 3.07. The number of thiazole rings is 1. The molecular formula is C20H26ClFN6S. The number of aromatic nitrogens is 1. The Kier molecular flexibility index (Phi) is 6.22. The van der Waals surface area contributed by atoms with E-state index in [-0.39, 0.29) is 16.9 Å². The largest absolute Gasteiger partial charge is 0.370 e. The van der Waals surface area contributed by atoms with Crippen LogP contribution >= 0.6 is 22.9 Å². The van der Waals surface area contributed by atoms with Gasteiger partial charge in [-0.05, 0) is 43.6 Å². The number of likely N-dealkylation sites (tertiary alicyclic amines) is 1. The first-order chi connectivity index (χ1) is 14.0. The number of guanidine groups is 1. The van der Waals surface area contributed by atoms with Crippen LogP contribution in [-0.2, 0) is 0 Å². The van der Waals surface area contributed by atoms with Crippen molar-refractivity contribution in [1.29, 1.82) is 0 Å². The van der Waals surface area contributed by atoms with Crippen LogP contribution in [0.3, 0.4) is 0 Å². The highest BCUT2D eigenvalue weighted by Gasteiger charge is 2.33. The first-order valence-corrected chi connectivity index (χ1v) is 11.1. The summed E-state index contributed by atoms with van der Waals surface area (Å²) in [6.07, 6.45) is 2.85. The van der Waals surface area contributed by atoms with E-state index in [0.29, 0.717) is 18.4 Å². The predicted molar refractivity (Wildman–Crippen MR) is 117 cm³/mol. The molecule has 0 saturated carbocycles. The van der Waals surface area contributed by atoms with Gasteiger partial charge in [-0.2, -0.15) is 0 Å². The summed E-state index contributed by atoms with van der Waals surface area (Å²) in [5, 5.41) is 3.22. The molecule has 2 aliphatic rings. The Hall–Kier alpha value is -1.90. The Morgan fingerprint density at radius 1 is 1.31 bits per heavy atom. The van der Waals surface area contributed by atoms with Gasteiger partial charge in [0, 0.05) is 50.3 Å². The summed E-state index contributed by atoms with van der Waals surface area (Å²) in [6, 6.07) is 5.22. The summed E-state index contributed by atoms with van der Waals surface area (Å²) in [5.41, 5.74) is 7.25. The lowest BCUT2D eigenvalue weighted by atomic mass is 9.94. The topological polar surface area (TPSA) is 61.0 Å². The van der Waals surface area contributed by atoms with Crippen molar-refractivity contribution in [3.63, 3.8) is 0 Å². The standard InChI is InChI=1S/C20H26ClFN6S/c1-26-6-4-15(18(26)14-2-3-16(21)17(22)12-14)13-25-19(23)27-7-9-28(10-8-27)20-24-5-11-29-20/h2-3,5,11-12,15,18H,4,6-10,13H2,1H3,(H2,23,25). The van der Waals surface area contributed by atoms with Crippen LogP contribution in [0, 0.1) is 11.7 Å². The highest BCUT2D eigenvalue weighted by molar-refractivity contribution is 7.13. The molecule has 2 unspecified atom stereocenters. The van der Waals surface area contributed by atoms with Gasteiger partial charge in [-0.25, -0.2) is 9.37 Å². The molecule has 156 valence electrons. The molecule has 6 nitrogen and oxygen atoms in total. The van der Waals surface area contributed by atoms with Crippen molar-refractivity contribution in [1.82, 2.24) is 14.8 Å². The number of rotatable bonds is 4. The molecule has 1 aromatic heterocycles. The van der Waals surface area contributed by atoms with Crippen LogP contribution in [0.25, 0.3) is 0 Å². The second-order valence-electron chi connectivity index (χ2n) is 7.64. The van der Waals surface area contributed by atoms with Crippen LogP contribution < -0.4 is 10.6 Å². The number of anilines is 1. The third-order valence-electron chi connectivity index (χ3n) is 5.84. The van der Waals surface area contributed by atoms with Crippen LogP contribution in [0.15, 0.2) is 34.8 Å². The molecule has 2 aromatic rings. The van der Waals surface area contributed by atoms with Crippen molar-refractivity contribution < 1.29 is 4.39 Å². The Bertz CT molecular complexity index is 853. The highest BCUT2D eigenvalue weighted by Crippen LogP contribution is 2.37. The fraction of sp³-hybridized carbons (Fsp3) is 0.500. The van der Waals surface area contributed by atoms with Crippen LogP contribution in [0.1, 0.15) is 18.0 Å². The highest BCUT2D eigenvalue weighted by atomic mass is 35.5. The second-order valence-corrected chi connectivity index (χ2v) is 8.92. The average Bonchev–Trinajstić information content (AvgIpc) is 3.38. The lowest BCUT2D eigenvalue weighted by Gasteiger charge is -2.35. The van der Waals surface area contributed by atoms with Crippen molar-refractivity contribution in [3.05, 3.63) is 46.2 Å². The fourth-order valence-corrected chi connectivity index (χ4v) is 5.06. The molecule has 3 heterocycles. The van der Waals surface area contributed by atoms with Crippen molar-refractivity contribution in [3.8, 4) is 0 Å². The van der Waals surface area contributed by atoms with E-state index in [1.807, 2.05) is 17.6 Å². The van der Waals surface area contributed by atoms with Gasteiger partial charge in [0.15, 0.2) is 11.1 Å². The maximum atomic E-state index is 14.0. The van der Waals surface area contributed by atoms with Crippen LogP contribution in [-0.4, -0.2) is 67.1 Å². The molecule has 0 spiro atoms. The zero-order valence-corrected chi connectivity index (χ0v) is 18.0. The van der Waals surface area contributed by atoms with Crippen molar-refractivity contribution in [2.75, 3.05) is 51.2 Å². The van der Waals surface area contributed by atoms with Gasteiger partial charge in [-0.3, -0.25) is 9.89 Å². The van der Waals surface area contributed by atoms with Gasteiger partial charge in [0.25, 0.3) is 0 Å². The molecule has 0 bridgehead atoms. The number of nitrogens with two attached hydrogens (primary N) is 1. The molecule has 29 heavy (non-hydrogen) atoms. The summed E-state index contributed by atoms with van der Waals surface area (Å²) in [6.45, 7) is 5.06. The molecule has 2 saturated heterocycles. The van der Waals surface area contributed by atoms with Crippen LogP contribution in [0.5, 0.6) is 0 Å². The zero-order valence-electron chi connectivity index (χ0n) is 16.5. The summed E-state index contributed by atoms with van der Waals surface area (Å²) in [7, 11) is 2.07. The molecule has 1 aromatic carbocycles. The van der Waals surface area contributed by atoms with Gasteiger partial charge >= 0.3 is 0 Å². The monoisotopic (exact) mass is 436 g/mol. The van der Waals surface area contributed by atoms with Crippen molar-refractivity contribution in [2.45, 2.75) is 12.5 Å². The van der Waals surface area contributed by atoms with Crippen molar-refractivity contribution >= 4 is 34.0 Å². The molecule has 2 fully saturated rings. The van der Waals surface area contributed by atoms with E-state index in [9.17, 15) is 4.39 Å². The van der Waals surface area contributed by atoms with Gasteiger partial charge in [-0.15, -0.1) is 11.3 Å². The molecule has 0 radical (unpaired) electrons. The van der Waals surface area contributed by atoms with E-state index >= 15 is 0 Å². The van der Waals surface area contributed by atoms with Crippen molar-refractivity contribution in [2.24, 2.45) is 16.6 Å². The Balaban J connectivity index is 1.38. The fourth-order valence-electron chi connectivity index (χ4n) is 4.25. The smallest absolute Gasteiger partial charge is 0.191 e. The first kappa shape index (κ1) is 20.4. The average molecular weight is 437 g/mol. The molecule has 2 aliphatic heterocycles. The molecule has 2 atom stereocenters. The second kappa shape index (κ2) is 8.85. The van der Waals surface area contributed by atoms with E-state index in [1.165, 1.54) is 0 Å². The maximum absolute atomic E-state index is 14.0. The van der Waals surface area contributed by atoms with E-state index in [0.717, 1.165) is 49.8 Å². The van der Waals surface area contributed by atoms with Crippen LogP contribution in [0.4, 0.5) is 9.52 Å². The number of hydrogen-bond donors (Lipinski definition) is 1. The molecule has 0 amide bonds. The minimum Gasteiger partial charge on any atom is -0.370 e. The Morgan fingerprint density at radius 2 is 2.10 bits per heavy atom. The summed E-state index contributed by atoms with van der Waals surface area (Å²) >= 11 is 7.51. The molecule has 2 N–H and O–H groups in total. The first-order valence-electron chi connectivity index (χ1n) is 9.87. The number of nitrogens with zero attached hydrogens (tertiary/aromatic N) is 5. The van der Waals surface area contributed by atoms with Crippen LogP contribution in [0.2, 0.25) is 5.02 Å². The van der Waals surface area contributed by atoms with Gasteiger partial charge in [0.2, 0.25) is 0 Å². The quantitative estimate of drug-likeness (QED) is 0.589. The Labute approximate surface area is 179 Å². The van der Waals surface area contributed by atoms with E-state index in [2.05, 4.69) is 26.7 Å². The minimum atomic E-state index is -0.371. The lowest BCUT2D eigenvalue weighted by Crippen LogP contribution is -2.51. The number of hydrogen-bond acceptors (Lipinski definition) is 5. The van der Waals surface area contributed by atoms with E-state index < -0.39 is 0 Å². The minimum absolute atomic E-state index is 0.125. The summed E-state index contributed by atoms with van der Waals surface area (Å²) in [4.78, 5) is 15.8. The normalized spacial score (nSPS) is 23.8. The van der Waals surface area contributed by atoms with E-state index in [1.54, 1.807) is 23.5 Å². The Morgan fingerprint density at radius 3 is 2.79 bits per heavy atom. The lowest BCUT2D eigenvalue weighted by molar-refractivity contribution is 0.278. The zero-order chi connectivity index (χ0) is 20.4. The number of piperazine rings is 1. The molecule has 0 aliphatic carbocycles.